The summed E-state index contributed by atoms with van der Waals surface area (Å²) in [6.07, 6.45) is 1.73. The Morgan fingerprint density at radius 1 is 1.17 bits per heavy atom. The zero-order valence-corrected chi connectivity index (χ0v) is 16.3. The Morgan fingerprint density at radius 2 is 1.97 bits per heavy atom. The number of amides is 1. The molecule has 4 aromatic rings. The molecule has 2 aromatic carbocycles. The van der Waals surface area contributed by atoms with E-state index in [9.17, 15) is 14.9 Å². The second kappa shape index (κ2) is 6.97. The molecule has 1 aliphatic heterocycles. The average Bonchev–Trinajstić information content (AvgIpc) is 3.37. The summed E-state index contributed by atoms with van der Waals surface area (Å²) in [5, 5.41) is 13.0. The topological polar surface area (TPSA) is 92.1 Å². The molecule has 1 aliphatic rings. The second-order valence-electron chi connectivity index (χ2n) is 7.27. The molecule has 1 amide bonds. The number of aromatic nitrogens is 2. The summed E-state index contributed by atoms with van der Waals surface area (Å²) in [4.78, 5) is 33.3. The van der Waals surface area contributed by atoms with Gasteiger partial charge in [0.05, 0.1) is 20.1 Å². The molecule has 0 bridgehead atoms. The Balaban J connectivity index is 1.33. The van der Waals surface area contributed by atoms with Gasteiger partial charge in [-0.15, -0.1) is 11.3 Å². The highest BCUT2D eigenvalue weighted by molar-refractivity contribution is 7.18. The molecule has 1 fully saturated rings. The van der Waals surface area contributed by atoms with Crippen molar-refractivity contribution < 1.29 is 9.72 Å². The molecule has 2 aromatic heterocycles. The van der Waals surface area contributed by atoms with Crippen molar-refractivity contribution in [2.24, 2.45) is 0 Å². The van der Waals surface area contributed by atoms with Crippen LogP contribution >= 0.6 is 11.3 Å². The maximum Gasteiger partial charge on any atom is 0.293 e. The van der Waals surface area contributed by atoms with Crippen molar-refractivity contribution in [2.45, 2.75) is 18.8 Å². The number of benzene rings is 2. The van der Waals surface area contributed by atoms with E-state index in [0.717, 1.165) is 23.4 Å². The van der Waals surface area contributed by atoms with Gasteiger partial charge in [0.2, 0.25) is 0 Å². The van der Waals surface area contributed by atoms with Crippen LogP contribution in [0.25, 0.3) is 21.1 Å². The summed E-state index contributed by atoms with van der Waals surface area (Å²) in [6, 6.07) is 14.7. The molecule has 1 saturated heterocycles. The number of rotatable bonds is 3. The van der Waals surface area contributed by atoms with Crippen molar-refractivity contribution >= 4 is 44.1 Å². The number of para-hydroxylation sites is 2. The molecule has 0 radical (unpaired) electrons. The minimum absolute atomic E-state index is 0.0175. The summed E-state index contributed by atoms with van der Waals surface area (Å²) in [6.45, 7) is 1.30. The minimum atomic E-state index is -0.434. The first kappa shape index (κ1) is 17.8. The van der Waals surface area contributed by atoms with Crippen LogP contribution < -0.4 is 0 Å². The van der Waals surface area contributed by atoms with Gasteiger partial charge in [0.15, 0.2) is 0 Å². The molecule has 146 valence electrons. The number of nitrogens with zero attached hydrogens (tertiary/aromatic N) is 3. The molecule has 0 unspecified atom stereocenters. The third-order valence-corrected chi connectivity index (χ3v) is 6.70. The Morgan fingerprint density at radius 3 is 2.72 bits per heavy atom. The van der Waals surface area contributed by atoms with E-state index in [1.165, 1.54) is 10.8 Å². The molecule has 29 heavy (non-hydrogen) atoms. The van der Waals surface area contributed by atoms with E-state index in [4.69, 9.17) is 4.98 Å². The molecular weight excluding hydrogens is 388 g/mol. The van der Waals surface area contributed by atoms with Gasteiger partial charge in [-0.3, -0.25) is 14.9 Å². The van der Waals surface area contributed by atoms with E-state index >= 15 is 0 Å². The number of carbonyl (C=O) groups is 1. The number of nitro groups is 1. The van der Waals surface area contributed by atoms with E-state index in [0.29, 0.717) is 35.6 Å². The van der Waals surface area contributed by atoms with Crippen LogP contribution in [0.5, 0.6) is 0 Å². The first-order valence-corrected chi connectivity index (χ1v) is 10.3. The standard InChI is InChI=1S/C21H18N4O3S/c26-21(16-12-14-4-3-6-17(25(27)28)19(14)22-16)24-10-8-13(9-11-24)20-23-15-5-1-2-7-18(15)29-20/h1-7,12-13,22H,8-11H2. The predicted molar refractivity (Wildman–Crippen MR) is 112 cm³/mol. The molecule has 5 rings (SSSR count). The SMILES string of the molecule is O=C(c1cc2cccc([N+](=O)[O-])c2[nH]1)N1CCC(c2nc3ccccc3s2)CC1. The molecule has 0 aliphatic carbocycles. The lowest BCUT2D eigenvalue weighted by atomic mass is 9.97. The van der Waals surface area contributed by atoms with Gasteiger partial charge in [-0.25, -0.2) is 4.98 Å². The smallest absolute Gasteiger partial charge is 0.293 e. The summed E-state index contributed by atoms with van der Waals surface area (Å²) in [5.74, 6) is 0.249. The summed E-state index contributed by atoms with van der Waals surface area (Å²) in [5.41, 5.74) is 1.81. The maximum absolute atomic E-state index is 12.9. The fraction of sp³-hybridized carbons (Fsp3) is 0.238. The molecule has 0 atom stereocenters. The highest BCUT2D eigenvalue weighted by atomic mass is 32.1. The monoisotopic (exact) mass is 406 g/mol. The number of fused-ring (bicyclic) bond motifs is 2. The van der Waals surface area contributed by atoms with Crippen LogP contribution in [0.1, 0.15) is 34.3 Å². The number of aromatic amines is 1. The maximum atomic E-state index is 12.9. The zero-order chi connectivity index (χ0) is 20.0. The third kappa shape index (κ3) is 3.15. The fourth-order valence-corrected chi connectivity index (χ4v) is 5.11. The van der Waals surface area contributed by atoms with Gasteiger partial charge in [0.1, 0.15) is 11.2 Å². The number of thiazole rings is 1. The van der Waals surface area contributed by atoms with E-state index in [1.807, 2.05) is 23.1 Å². The van der Waals surface area contributed by atoms with E-state index in [1.54, 1.807) is 29.5 Å². The molecule has 1 N–H and O–H groups in total. The van der Waals surface area contributed by atoms with Gasteiger partial charge in [0.25, 0.3) is 11.6 Å². The number of H-pyrrole nitrogens is 1. The summed E-state index contributed by atoms with van der Waals surface area (Å²) >= 11 is 1.73. The summed E-state index contributed by atoms with van der Waals surface area (Å²) in [7, 11) is 0. The van der Waals surface area contributed by atoms with Crippen molar-refractivity contribution in [3.8, 4) is 0 Å². The quantitative estimate of drug-likeness (QED) is 0.394. The van der Waals surface area contributed by atoms with Crippen molar-refractivity contribution in [2.75, 3.05) is 13.1 Å². The van der Waals surface area contributed by atoms with Gasteiger partial charge >= 0.3 is 0 Å². The fourth-order valence-electron chi connectivity index (χ4n) is 3.97. The first-order chi connectivity index (χ1) is 14.1. The zero-order valence-electron chi connectivity index (χ0n) is 15.5. The summed E-state index contributed by atoms with van der Waals surface area (Å²) < 4.78 is 1.20. The van der Waals surface area contributed by atoms with Gasteiger partial charge in [0, 0.05) is 30.5 Å². The van der Waals surface area contributed by atoms with Gasteiger partial charge in [-0.1, -0.05) is 24.3 Å². The normalized spacial score (nSPS) is 15.2. The first-order valence-electron chi connectivity index (χ1n) is 9.51. The Labute approximate surface area is 170 Å². The van der Waals surface area contributed by atoms with E-state index < -0.39 is 4.92 Å². The van der Waals surface area contributed by atoms with E-state index in [2.05, 4.69) is 11.1 Å². The molecule has 8 heteroatoms. The Kier molecular flexibility index (Phi) is 4.28. The van der Waals surface area contributed by atoms with Crippen LogP contribution in [0.2, 0.25) is 0 Å². The number of carbonyl (C=O) groups excluding carboxylic acids is 1. The second-order valence-corrected chi connectivity index (χ2v) is 8.33. The number of nitrogens with one attached hydrogen (secondary N) is 1. The van der Waals surface area contributed by atoms with E-state index in [-0.39, 0.29) is 11.6 Å². The lowest BCUT2D eigenvalue weighted by Crippen LogP contribution is -2.38. The Bertz CT molecular complexity index is 1200. The van der Waals surface area contributed by atoms with Crippen LogP contribution in [0.4, 0.5) is 5.69 Å². The van der Waals surface area contributed by atoms with Crippen molar-refractivity contribution in [1.29, 1.82) is 0 Å². The molecule has 7 nitrogen and oxygen atoms in total. The van der Waals surface area contributed by atoms with Gasteiger partial charge in [-0.05, 0) is 31.0 Å². The molecule has 3 heterocycles. The molecular formula is C21H18N4O3S. The van der Waals surface area contributed by atoms with Crippen LogP contribution in [0, 0.1) is 10.1 Å². The highest BCUT2D eigenvalue weighted by Gasteiger charge is 2.28. The minimum Gasteiger partial charge on any atom is -0.345 e. The molecule has 0 saturated carbocycles. The number of hydrogen-bond acceptors (Lipinski definition) is 5. The number of non-ortho nitro benzene ring substituents is 1. The number of piperidine rings is 1. The van der Waals surface area contributed by atoms with Crippen LogP contribution in [-0.2, 0) is 0 Å². The lowest BCUT2D eigenvalue weighted by molar-refractivity contribution is -0.383. The van der Waals surface area contributed by atoms with Crippen LogP contribution in [0.3, 0.4) is 0 Å². The lowest BCUT2D eigenvalue weighted by Gasteiger charge is -2.30. The number of hydrogen-bond donors (Lipinski definition) is 1. The van der Waals surface area contributed by atoms with Crippen LogP contribution in [0.15, 0.2) is 48.5 Å². The van der Waals surface area contributed by atoms with Gasteiger partial charge < -0.3 is 9.88 Å². The largest absolute Gasteiger partial charge is 0.345 e. The van der Waals surface area contributed by atoms with Crippen LogP contribution in [-0.4, -0.2) is 38.8 Å². The molecule has 0 spiro atoms. The Hall–Kier alpha value is -3.26. The average molecular weight is 406 g/mol. The van der Waals surface area contributed by atoms with Gasteiger partial charge in [-0.2, -0.15) is 0 Å². The van der Waals surface area contributed by atoms with Crippen molar-refractivity contribution in [3.63, 3.8) is 0 Å². The number of nitro benzene ring substituents is 1. The predicted octanol–water partition coefficient (Wildman–Crippen LogP) is 4.71. The van der Waals surface area contributed by atoms with Crippen molar-refractivity contribution in [1.82, 2.24) is 14.9 Å². The number of likely N-dealkylation sites (tertiary alicyclic amines) is 1. The third-order valence-electron chi connectivity index (χ3n) is 5.50. The highest BCUT2D eigenvalue weighted by Crippen LogP contribution is 2.34. The van der Waals surface area contributed by atoms with Crippen molar-refractivity contribution in [3.05, 3.63) is 69.3 Å².